The third kappa shape index (κ3) is 4.13. The van der Waals surface area contributed by atoms with Crippen molar-refractivity contribution in [3.8, 4) is 5.75 Å². The monoisotopic (exact) mass is 262 g/mol. The van der Waals surface area contributed by atoms with Crippen molar-refractivity contribution in [3.05, 3.63) is 46.4 Å². The number of nitrogens with one attached hydrogen (secondary N) is 1. The van der Waals surface area contributed by atoms with Crippen molar-refractivity contribution in [1.82, 2.24) is 10.3 Å². The number of nitrogens with zero attached hydrogens (tertiary/aromatic N) is 1. The molecule has 2 rings (SSSR count). The van der Waals surface area contributed by atoms with E-state index in [0.29, 0.717) is 11.8 Å². The normalized spacial score (nSPS) is 12.5. The first-order valence-corrected chi connectivity index (χ1v) is 7.00. The maximum absolute atomic E-state index is 9.21. The summed E-state index contributed by atoms with van der Waals surface area (Å²) in [4.78, 5) is 5.33. The van der Waals surface area contributed by atoms with Gasteiger partial charge in [0.2, 0.25) is 0 Å². The van der Waals surface area contributed by atoms with Gasteiger partial charge in [0.25, 0.3) is 0 Å². The van der Waals surface area contributed by atoms with E-state index in [9.17, 15) is 5.11 Å². The standard InChI is InChI=1S/C14H18N2OS/c1-11(16-9-14-8-15-10-18-14)2-3-12-4-6-13(17)7-5-12/h4-8,10-11,16-17H,2-3,9H2,1H3. The molecule has 0 bridgehead atoms. The van der Waals surface area contributed by atoms with Gasteiger partial charge in [0.15, 0.2) is 0 Å². The molecular formula is C14H18N2OS. The van der Waals surface area contributed by atoms with E-state index >= 15 is 0 Å². The van der Waals surface area contributed by atoms with Crippen LogP contribution in [0.3, 0.4) is 0 Å². The van der Waals surface area contributed by atoms with Crippen LogP contribution in [0.4, 0.5) is 0 Å². The van der Waals surface area contributed by atoms with Crippen LogP contribution in [0, 0.1) is 0 Å². The number of hydrogen-bond acceptors (Lipinski definition) is 4. The first-order valence-electron chi connectivity index (χ1n) is 6.12. The highest BCUT2D eigenvalue weighted by Crippen LogP contribution is 2.12. The number of phenols is 1. The van der Waals surface area contributed by atoms with Crippen LogP contribution >= 0.6 is 11.3 Å². The Balaban J connectivity index is 1.71. The number of rotatable bonds is 6. The Kier molecular flexibility index (Phi) is 4.73. The highest BCUT2D eigenvalue weighted by molar-refractivity contribution is 7.09. The second-order valence-corrected chi connectivity index (χ2v) is 5.43. The van der Waals surface area contributed by atoms with Crippen molar-refractivity contribution in [2.24, 2.45) is 0 Å². The summed E-state index contributed by atoms with van der Waals surface area (Å²) in [7, 11) is 0. The lowest BCUT2D eigenvalue weighted by molar-refractivity contribution is 0.474. The van der Waals surface area contributed by atoms with Gasteiger partial charge in [-0.05, 0) is 37.5 Å². The van der Waals surface area contributed by atoms with Gasteiger partial charge in [0.05, 0.1) is 5.51 Å². The Labute approximate surface area is 112 Å². The fourth-order valence-electron chi connectivity index (χ4n) is 1.75. The lowest BCUT2D eigenvalue weighted by Crippen LogP contribution is -2.25. The summed E-state index contributed by atoms with van der Waals surface area (Å²) in [6.45, 7) is 3.09. The second kappa shape index (κ2) is 6.52. The minimum atomic E-state index is 0.329. The summed E-state index contributed by atoms with van der Waals surface area (Å²) >= 11 is 1.68. The second-order valence-electron chi connectivity index (χ2n) is 4.45. The Bertz CT molecular complexity index is 453. The van der Waals surface area contributed by atoms with E-state index in [1.807, 2.05) is 23.8 Å². The molecule has 0 amide bonds. The Hall–Kier alpha value is -1.39. The quantitative estimate of drug-likeness (QED) is 0.841. The topological polar surface area (TPSA) is 45.1 Å². The number of hydrogen-bond donors (Lipinski definition) is 2. The summed E-state index contributed by atoms with van der Waals surface area (Å²) in [5, 5.41) is 12.7. The van der Waals surface area contributed by atoms with Gasteiger partial charge >= 0.3 is 0 Å². The smallest absolute Gasteiger partial charge is 0.115 e. The van der Waals surface area contributed by atoms with Crippen molar-refractivity contribution < 1.29 is 5.11 Å². The molecule has 1 atom stereocenters. The van der Waals surface area contributed by atoms with Crippen molar-refractivity contribution >= 4 is 11.3 Å². The molecule has 1 unspecified atom stereocenters. The molecule has 2 N–H and O–H groups in total. The number of benzene rings is 1. The number of phenolic OH excluding ortho intramolecular Hbond substituents is 1. The summed E-state index contributed by atoms with van der Waals surface area (Å²) in [5.41, 5.74) is 3.12. The predicted molar refractivity (Wildman–Crippen MR) is 74.8 cm³/mol. The first kappa shape index (κ1) is 13.1. The van der Waals surface area contributed by atoms with Gasteiger partial charge in [-0.15, -0.1) is 11.3 Å². The molecule has 0 fully saturated rings. The first-order chi connectivity index (χ1) is 8.74. The van der Waals surface area contributed by atoms with Gasteiger partial charge in [-0.3, -0.25) is 4.98 Å². The minimum Gasteiger partial charge on any atom is -0.508 e. The molecule has 3 nitrogen and oxygen atoms in total. The van der Waals surface area contributed by atoms with E-state index in [0.717, 1.165) is 19.4 Å². The van der Waals surface area contributed by atoms with E-state index in [1.165, 1.54) is 10.4 Å². The minimum absolute atomic E-state index is 0.329. The molecule has 1 aromatic carbocycles. The van der Waals surface area contributed by atoms with Crippen molar-refractivity contribution in [2.45, 2.75) is 32.4 Å². The number of thiazole rings is 1. The molecule has 0 spiro atoms. The van der Waals surface area contributed by atoms with E-state index < -0.39 is 0 Å². The average Bonchev–Trinajstić information content (AvgIpc) is 2.89. The molecule has 0 aliphatic rings. The van der Waals surface area contributed by atoms with Crippen molar-refractivity contribution in [3.63, 3.8) is 0 Å². The average molecular weight is 262 g/mol. The molecule has 4 heteroatoms. The zero-order valence-corrected chi connectivity index (χ0v) is 11.3. The molecular weight excluding hydrogens is 244 g/mol. The van der Waals surface area contributed by atoms with Crippen LogP contribution < -0.4 is 5.32 Å². The van der Waals surface area contributed by atoms with Crippen LogP contribution in [0.2, 0.25) is 0 Å². The maximum atomic E-state index is 9.21. The third-order valence-corrected chi connectivity index (χ3v) is 3.69. The van der Waals surface area contributed by atoms with Crippen LogP contribution in [-0.2, 0) is 13.0 Å². The van der Waals surface area contributed by atoms with Gasteiger partial charge in [0, 0.05) is 23.7 Å². The molecule has 1 aromatic heterocycles. The Morgan fingerprint density at radius 3 is 2.78 bits per heavy atom. The molecule has 1 heterocycles. The van der Waals surface area contributed by atoms with Crippen molar-refractivity contribution in [1.29, 1.82) is 0 Å². The maximum Gasteiger partial charge on any atom is 0.115 e. The van der Waals surface area contributed by atoms with E-state index in [-0.39, 0.29) is 0 Å². The van der Waals surface area contributed by atoms with Gasteiger partial charge in [-0.25, -0.2) is 0 Å². The molecule has 0 saturated heterocycles. The van der Waals surface area contributed by atoms with Crippen molar-refractivity contribution in [2.75, 3.05) is 0 Å². The van der Waals surface area contributed by atoms with E-state index in [2.05, 4.69) is 17.2 Å². The zero-order valence-electron chi connectivity index (χ0n) is 10.5. The zero-order chi connectivity index (χ0) is 12.8. The molecule has 0 radical (unpaired) electrons. The molecule has 0 aliphatic carbocycles. The van der Waals surface area contributed by atoms with Crippen LogP contribution in [0.1, 0.15) is 23.8 Å². The molecule has 2 aromatic rings. The summed E-state index contributed by atoms with van der Waals surface area (Å²) in [6, 6.07) is 7.91. The SMILES string of the molecule is CC(CCc1ccc(O)cc1)NCc1cncs1. The Morgan fingerprint density at radius 2 is 2.11 bits per heavy atom. The highest BCUT2D eigenvalue weighted by atomic mass is 32.1. The summed E-state index contributed by atoms with van der Waals surface area (Å²) < 4.78 is 0. The largest absolute Gasteiger partial charge is 0.508 e. The van der Waals surface area contributed by atoms with Crippen LogP contribution in [-0.4, -0.2) is 16.1 Å². The predicted octanol–water partition coefficient (Wildman–Crippen LogP) is 2.96. The molecule has 0 saturated carbocycles. The fourth-order valence-corrected chi connectivity index (χ4v) is 2.30. The highest BCUT2D eigenvalue weighted by Gasteiger charge is 2.03. The summed E-state index contributed by atoms with van der Waals surface area (Å²) in [5.74, 6) is 0.329. The molecule has 96 valence electrons. The number of aryl methyl sites for hydroxylation is 1. The van der Waals surface area contributed by atoms with Crippen LogP contribution in [0.25, 0.3) is 0 Å². The van der Waals surface area contributed by atoms with E-state index in [1.54, 1.807) is 23.5 Å². The van der Waals surface area contributed by atoms with Gasteiger partial charge in [-0.2, -0.15) is 0 Å². The Morgan fingerprint density at radius 1 is 1.33 bits per heavy atom. The third-order valence-electron chi connectivity index (χ3n) is 2.91. The lowest BCUT2D eigenvalue weighted by Gasteiger charge is -2.12. The van der Waals surface area contributed by atoms with Gasteiger partial charge < -0.3 is 10.4 Å². The van der Waals surface area contributed by atoms with Crippen LogP contribution in [0.5, 0.6) is 5.75 Å². The number of aromatic nitrogens is 1. The van der Waals surface area contributed by atoms with E-state index in [4.69, 9.17) is 0 Å². The summed E-state index contributed by atoms with van der Waals surface area (Å²) in [6.07, 6.45) is 4.02. The number of aromatic hydroxyl groups is 1. The molecule has 0 aliphatic heterocycles. The molecule has 18 heavy (non-hydrogen) atoms. The van der Waals surface area contributed by atoms with Crippen LogP contribution in [0.15, 0.2) is 36.0 Å². The van der Waals surface area contributed by atoms with Gasteiger partial charge in [0.1, 0.15) is 5.75 Å². The van der Waals surface area contributed by atoms with Gasteiger partial charge in [-0.1, -0.05) is 12.1 Å². The lowest BCUT2D eigenvalue weighted by atomic mass is 10.1. The fraction of sp³-hybridized carbons (Fsp3) is 0.357.